The molecule has 3 aromatic rings. The molecule has 1 saturated heterocycles. The molecule has 10 heteroatoms. The Labute approximate surface area is 219 Å². The summed E-state index contributed by atoms with van der Waals surface area (Å²) in [5.41, 5.74) is 2.90. The molecule has 0 spiro atoms. The van der Waals surface area contributed by atoms with E-state index in [0.717, 1.165) is 22.2 Å². The number of oxime groups is 1. The van der Waals surface area contributed by atoms with Gasteiger partial charge >= 0.3 is 5.97 Å². The topological polar surface area (TPSA) is 97.6 Å². The summed E-state index contributed by atoms with van der Waals surface area (Å²) in [6, 6.07) is 12.3. The predicted molar refractivity (Wildman–Crippen MR) is 138 cm³/mol. The zero-order valence-corrected chi connectivity index (χ0v) is 21.9. The SMILES string of the molecule is COc1ccc2c(c1)c(C/C=N/OCC(=O)OCC1COC(C)(C)O1)c(C)n2C(=O)c1ccc(Cl)cc1. The third-order valence-corrected chi connectivity index (χ3v) is 6.21. The zero-order chi connectivity index (χ0) is 26.6. The highest BCUT2D eigenvalue weighted by atomic mass is 35.5. The van der Waals surface area contributed by atoms with Crippen molar-refractivity contribution in [3.05, 3.63) is 64.3 Å². The average molecular weight is 529 g/mol. The quantitative estimate of drug-likeness (QED) is 0.228. The van der Waals surface area contributed by atoms with E-state index in [1.807, 2.05) is 25.1 Å². The van der Waals surface area contributed by atoms with Gasteiger partial charge in [0.05, 0.1) is 19.2 Å². The Balaban J connectivity index is 1.43. The maximum atomic E-state index is 13.4. The van der Waals surface area contributed by atoms with Gasteiger partial charge in [0, 0.05) is 34.3 Å². The number of methoxy groups -OCH3 is 1. The van der Waals surface area contributed by atoms with E-state index in [-0.39, 0.29) is 25.2 Å². The number of esters is 1. The molecule has 4 rings (SSSR count). The molecule has 0 aliphatic carbocycles. The summed E-state index contributed by atoms with van der Waals surface area (Å²) in [6.45, 7) is 5.58. The van der Waals surface area contributed by atoms with Crippen LogP contribution >= 0.6 is 11.6 Å². The number of rotatable bonds is 9. The molecule has 9 nitrogen and oxygen atoms in total. The standard InChI is InChI=1S/C27H29ClN2O7/c1-17-22(11-12-29-36-16-25(31)34-14-21-15-35-27(2,3)37-21)23-13-20(33-4)9-10-24(23)30(17)26(32)18-5-7-19(28)8-6-18/h5-10,12-13,21H,11,14-16H2,1-4H3/b29-12+. The van der Waals surface area contributed by atoms with Crippen molar-refractivity contribution in [1.29, 1.82) is 0 Å². The molecule has 0 saturated carbocycles. The smallest absolute Gasteiger partial charge is 0.347 e. The molecule has 1 aromatic heterocycles. The van der Waals surface area contributed by atoms with Gasteiger partial charge in [0.1, 0.15) is 18.5 Å². The summed E-state index contributed by atoms with van der Waals surface area (Å²) in [5.74, 6) is -0.744. The number of carbonyl (C=O) groups excluding carboxylic acids is 2. The van der Waals surface area contributed by atoms with E-state index in [2.05, 4.69) is 5.16 Å². The molecule has 1 unspecified atom stereocenters. The summed E-state index contributed by atoms with van der Waals surface area (Å²) in [7, 11) is 1.59. The van der Waals surface area contributed by atoms with Crippen molar-refractivity contribution in [3.63, 3.8) is 0 Å². The van der Waals surface area contributed by atoms with Crippen molar-refractivity contribution in [3.8, 4) is 5.75 Å². The van der Waals surface area contributed by atoms with Gasteiger partial charge in [-0.1, -0.05) is 16.8 Å². The van der Waals surface area contributed by atoms with Crippen LogP contribution in [0, 0.1) is 6.92 Å². The molecule has 1 atom stereocenters. The summed E-state index contributed by atoms with van der Waals surface area (Å²) in [5, 5.41) is 5.31. The summed E-state index contributed by atoms with van der Waals surface area (Å²) in [6.07, 6.45) is 1.60. The lowest BCUT2D eigenvalue weighted by Crippen LogP contribution is -2.26. The van der Waals surface area contributed by atoms with Gasteiger partial charge in [-0.3, -0.25) is 9.36 Å². The second kappa shape index (κ2) is 11.3. The fraction of sp³-hybridized carbons (Fsp3) is 0.370. The van der Waals surface area contributed by atoms with Crippen molar-refractivity contribution in [2.75, 3.05) is 26.9 Å². The summed E-state index contributed by atoms with van der Waals surface area (Å²) < 4.78 is 23.2. The van der Waals surface area contributed by atoms with Gasteiger partial charge in [-0.15, -0.1) is 0 Å². The van der Waals surface area contributed by atoms with Crippen LogP contribution in [0.3, 0.4) is 0 Å². The number of carbonyl (C=O) groups is 2. The maximum absolute atomic E-state index is 13.4. The molecule has 1 aliphatic heterocycles. The molecule has 37 heavy (non-hydrogen) atoms. The Morgan fingerprint density at radius 1 is 1.22 bits per heavy atom. The van der Waals surface area contributed by atoms with Crippen LogP contribution in [-0.2, 0) is 30.3 Å². The van der Waals surface area contributed by atoms with Crippen molar-refractivity contribution < 1.29 is 33.4 Å². The second-order valence-corrected chi connectivity index (χ2v) is 9.43. The lowest BCUT2D eigenvalue weighted by Gasteiger charge is -2.16. The molecule has 0 radical (unpaired) electrons. The first-order chi connectivity index (χ1) is 17.7. The lowest BCUT2D eigenvalue weighted by molar-refractivity contribution is -0.161. The fourth-order valence-corrected chi connectivity index (χ4v) is 4.30. The number of aromatic nitrogens is 1. The van der Waals surface area contributed by atoms with Gasteiger partial charge in [0.2, 0.25) is 6.61 Å². The summed E-state index contributed by atoms with van der Waals surface area (Å²) in [4.78, 5) is 30.4. The van der Waals surface area contributed by atoms with Crippen LogP contribution in [0.25, 0.3) is 10.9 Å². The number of hydrogen-bond donors (Lipinski definition) is 0. The first kappa shape index (κ1) is 26.7. The Morgan fingerprint density at radius 3 is 2.65 bits per heavy atom. The molecule has 0 bridgehead atoms. The van der Waals surface area contributed by atoms with E-state index in [1.54, 1.807) is 56.0 Å². The van der Waals surface area contributed by atoms with Gasteiger partial charge in [-0.2, -0.15) is 0 Å². The predicted octanol–water partition coefficient (Wildman–Crippen LogP) is 4.54. The van der Waals surface area contributed by atoms with E-state index < -0.39 is 11.8 Å². The highest BCUT2D eigenvalue weighted by Gasteiger charge is 2.33. The van der Waals surface area contributed by atoms with E-state index in [0.29, 0.717) is 29.4 Å². The van der Waals surface area contributed by atoms with Crippen LogP contribution in [0.2, 0.25) is 5.02 Å². The monoisotopic (exact) mass is 528 g/mol. The van der Waals surface area contributed by atoms with E-state index in [4.69, 9.17) is 35.4 Å². The van der Waals surface area contributed by atoms with Crippen LogP contribution in [0.5, 0.6) is 5.75 Å². The van der Waals surface area contributed by atoms with Gasteiger partial charge in [0.15, 0.2) is 5.79 Å². The number of nitrogens with zero attached hydrogens (tertiary/aromatic N) is 2. The molecule has 2 heterocycles. The molecular formula is C27H29ClN2O7. The van der Waals surface area contributed by atoms with E-state index >= 15 is 0 Å². The van der Waals surface area contributed by atoms with Crippen molar-refractivity contribution >= 4 is 40.6 Å². The third-order valence-electron chi connectivity index (χ3n) is 5.96. The first-order valence-electron chi connectivity index (χ1n) is 11.8. The minimum atomic E-state index is -0.678. The number of halogens is 1. The van der Waals surface area contributed by atoms with Gasteiger partial charge in [0.25, 0.3) is 5.91 Å². The average Bonchev–Trinajstić information content (AvgIpc) is 3.37. The minimum Gasteiger partial charge on any atom is -0.497 e. The van der Waals surface area contributed by atoms with Crippen LogP contribution in [-0.4, -0.2) is 61.5 Å². The fourth-order valence-electron chi connectivity index (χ4n) is 4.17. The molecule has 2 aromatic carbocycles. The number of hydrogen-bond acceptors (Lipinski definition) is 8. The minimum absolute atomic E-state index is 0.0809. The normalized spacial score (nSPS) is 16.8. The van der Waals surface area contributed by atoms with E-state index in [9.17, 15) is 9.59 Å². The first-order valence-corrected chi connectivity index (χ1v) is 12.2. The van der Waals surface area contributed by atoms with Crippen molar-refractivity contribution in [2.24, 2.45) is 5.16 Å². The molecule has 1 aliphatic rings. The second-order valence-electron chi connectivity index (χ2n) is 8.99. The molecule has 0 N–H and O–H groups in total. The molecular weight excluding hydrogens is 500 g/mol. The lowest BCUT2D eigenvalue weighted by atomic mass is 10.1. The van der Waals surface area contributed by atoms with Gasteiger partial charge in [-0.05, 0) is 68.8 Å². The Bertz CT molecular complexity index is 1310. The molecule has 1 fully saturated rings. The Hall–Kier alpha value is -3.40. The van der Waals surface area contributed by atoms with Crippen LogP contribution < -0.4 is 4.74 Å². The zero-order valence-electron chi connectivity index (χ0n) is 21.2. The van der Waals surface area contributed by atoms with Crippen molar-refractivity contribution in [2.45, 2.75) is 39.1 Å². The van der Waals surface area contributed by atoms with Gasteiger partial charge in [-0.25, -0.2) is 4.79 Å². The van der Waals surface area contributed by atoms with Crippen molar-refractivity contribution in [1.82, 2.24) is 4.57 Å². The van der Waals surface area contributed by atoms with E-state index in [1.165, 1.54) is 0 Å². The molecule has 196 valence electrons. The highest BCUT2D eigenvalue weighted by Crippen LogP contribution is 2.30. The van der Waals surface area contributed by atoms with Crippen LogP contribution in [0.1, 0.15) is 35.5 Å². The van der Waals surface area contributed by atoms with Crippen LogP contribution in [0.4, 0.5) is 0 Å². The Kier molecular flexibility index (Phi) is 8.16. The molecule has 0 amide bonds. The third kappa shape index (κ3) is 6.30. The summed E-state index contributed by atoms with van der Waals surface area (Å²) >= 11 is 5.99. The number of ether oxygens (including phenoxy) is 4. The number of benzene rings is 2. The van der Waals surface area contributed by atoms with Crippen LogP contribution in [0.15, 0.2) is 47.6 Å². The number of fused-ring (bicyclic) bond motifs is 1. The largest absolute Gasteiger partial charge is 0.497 e. The maximum Gasteiger partial charge on any atom is 0.347 e. The highest BCUT2D eigenvalue weighted by molar-refractivity contribution is 6.30. The Morgan fingerprint density at radius 2 is 1.97 bits per heavy atom. The van der Waals surface area contributed by atoms with Gasteiger partial charge < -0.3 is 23.8 Å².